The van der Waals surface area contributed by atoms with Crippen LogP contribution >= 0.6 is 0 Å². The number of hydrogen-bond donors (Lipinski definition) is 2. The van der Waals surface area contributed by atoms with E-state index in [1.807, 2.05) is 38.1 Å². The van der Waals surface area contributed by atoms with E-state index in [2.05, 4.69) is 35.8 Å². The number of amides is 1. The Balaban J connectivity index is 1.82. The molecule has 2 rings (SSSR count). The molecule has 0 aromatic heterocycles. The molecule has 0 bridgehead atoms. The van der Waals surface area contributed by atoms with Crippen LogP contribution < -0.4 is 10.6 Å². The molecule has 0 spiro atoms. The summed E-state index contributed by atoms with van der Waals surface area (Å²) in [6.45, 7) is 6.73. The van der Waals surface area contributed by atoms with E-state index in [4.69, 9.17) is 0 Å². The number of carbonyl (C=O) groups is 1. The topological polar surface area (TPSA) is 41.1 Å². The first-order chi connectivity index (χ1) is 10.0. The predicted molar refractivity (Wildman–Crippen MR) is 88.8 cm³/mol. The van der Waals surface area contributed by atoms with Gasteiger partial charge in [0.1, 0.15) is 0 Å². The van der Waals surface area contributed by atoms with Crippen LogP contribution in [0.15, 0.2) is 42.5 Å². The van der Waals surface area contributed by atoms with Gasteiger partial charge in [-0.15, -0.1) is 0 Å². The largest absolute Gasteiger partial charge is 0.385 e. The summed E-state index contributed by atoms with van der Waals surface area (Å²) < 4.78 is 0. The monoisotopic (exact) mass is 282 g/mol. The van der Waals surface area contributed by atoms with E-state index in [0.717, 1.165) is 16.9 Å². The summed E-state index contributed by atoms with van der Waals surface area (Å²) in [5.74, 6) is 0.0297. The minimum absolute atomic E-state index is 0.0297. The summed E-state index contributed by atoms with van der Waals surface area (Å²) in [5.41, 5.74) is 5.44. The second-order valence-electron chi connectivity index (χ2n) is 5.41. The maximum absolute atomic E-state index is 12.0. The Bertz CT molecular complexity index is 635. The molecule has 3 nitrogen and oxygen atoms in total. The van der Waals surface area contributed by atoms with Crippen molar-refractivity contribution in [3.05, 3.63) is 59.2 Å². The molecule has 2 N–H and O–H groups in total. The molecule has 0 fully saturated rings. The third-order valence-electron chi connectivity index (χ3n) is 3.36. The van der Waals surface area contributed by atoms with Crippen molar-refractivity contribution in [1.82, 2.24) is 0 Å². The number of carbonyl (C=O) groups excluding carboxylic acids is 1. The van der Waals surface area contributed by atoms with Crippen molar-refractivity contribution in [2.24, 2.45) is 0 Å². The van der Waals surface area contributed by atoms with Crippen LogP contribution in [0.2, 0.25) is 0 Å². The van der Waals surface area contributed by atoms with Crippen molar-refractivity contribution < 1.29 is 4.79 Å². The average Bonchev–Trinajstić information content (AvgIpc) is 2.42. The lowest BCUT2D eigenvalue weighted by Crippen LogP contribution is -2.16. The molecule has 21 heavy (non-hydrogen) atoms. The van der Waals surface area contributed by atoms with Crippen molar-refractivity contribution in [3.63, 3.8) is 0 Å². The second-order valence-corrected chi connectivity index (χ2v) is 5.41. The highest BCUT2D eigenvalue weighted by Crippen LogP contribution is 2.16. The van der Waals surface area contributed by atoms with E-state index in [9.17, 15) is 4.79 Å². The van der Waals surface area contributed by atoms with Crippen LogP contribution in [0.3, 0.4) is 0 Å². The third-order valence-corrected chi connectivity index (χ3v) is 3.36. The van der Waals surface area contributed by atoms with Gasteiger partial charge in [0.05, 0.1) is 0 Å². The van der Waals surface area contributed by atoms with E-state index >= 15 is 0 Å². The van der Waals surface area contributed by atoms with Crippen LogP contribution in [0.5, 0.6) is 0 Å². The molecule has 0 unspecified atom stereocenters. The standard InChI is InChI=1S/C18H22N2O/c1-13-5-4-6-16(12-13)19-10-9-18(21)20-17-8-7-14(2)11-15(17)3/h4-8,11-12,19H,9-10H2,1-3H3,(H,20,21). The van der Waals surface area contributed by atoms with Crippen LogP contribution in [-0.2, 0) is 4.79 Å². The summed E-state index contributed by atoms with van der Waals surface area (Å²) >= 11 is 0. The van der Waals surface area contributed by atoms with E-state index < -0.39 is 0 Å². The van der Waals surface area contributed by atoms with E-state index in [0.29, 0.717) is 13.0 Å². The highest BCUT2D eigenvalue weighted by molar-refractivity contribution is 5.91. The molecule has 0 atom stereocenters. The molecule has 0 aliphatic rings. The third kappa shape index (κ3) is 4.63. The quantitative estimate of drug-likeness (QED) is 0.868. The Morgan fingerprint density at radius 1 is 1.00 bits per heavy atom. The smallest absolute Gasteiger partial charge is 0.226 e. The van der Waals surface area contributed by atoms with E-state index in [1.54, 1.807) is 0 Å². The normalized spacial score (nSPS) is 10.2. The lowest BCUT2D eigenvalue weighted by atomic mass is 10.1. The first kappa shape index (κ1) is 15.1. The first-order valence-corrected chi connectivity index (χ1v) is 7.22. The Kier molecular flexibility index (Phi) is 4.99. The highest BCUT2D eigenvalue weighted by Gasteiger charge is 2.04. The number of rotatable bonds is 5. The summed E-state index contributed by atoms with van der Waals surface area (Å²) in [7, 11) is 0. The number of anilines is 2. The minimum Gasteiger partial charge on any atom is -0.385 e. The van der Waals surface area contributed by atoms with Crippen molar-refractivity contribution in [2.45, 2.75) is 27.2 Å². The molecular formula is C18H22N2O. The molecule has 0 saturated carbocycles. The molecule has 0 aliphatic carbocycles. The summed E-state index contributed by atoms with van der Waals surface area (Å²) in [4.78, 5) is 12.0. The fraction of sp³-hybridized carbons (Fsp3) is 0.278. The van der Waals surface area contributed by atoms with Gasteiger partial charge >= 0.3 is 0 Å². The Hall–Kier alpha value is -2.29. The molecule has 0 radical (unpaired) electrons. The zero-order valence-electron chi connectivity index (χ0n) is 12.9. The summed E-state index contributed by atoms with van der Waals surface area (Å²) in [6, 6.07) is 14.2. The van der Waals surface area contributed by atoms with Gasteiger partial charge in [0.25, 0.3) is 0 Å². The molecule has 0 heterocycles. The van der Waals surface area contributed by atoms with Gasteiger partial charge in [-0.2, -0.15) is 0 Å². The fourth-order valence-corrected chi connectivity index (χ4v) is 2.24. The molecule has 2 aromatic carbocycles. The van der Waals surface area contributed by atoms with Crippen LogP contribution in [-0.4, -0.2) is 12.5 Å². The molecule has 3 heteroatoms. The van der Waals surface area contributed by atoms with Crippen LogP contribution in [0.4, 0.5) is 11.4 Å². The van der Waals surface area contributed by atoms with Gasteiger partial charge in [0.2, 0.25) is 5.91 Å². The fourth-order valence-electron chi connectivity index (χ4n) is 2.24. The molecule has 2 aromatic rings. The highest BCUT2D eigenvalue weighted by atomic mass is 16.1. The van der Waals surface area contributed by atoms with Gasteiger partial charge in [0, 0.05) is 24.3 Å². The van der Waals surface area contributed by atoms with Crippen molar-refractivity contribution in [3.8, 4) is 0 Å². The van der Waals surface area contributed by atoms with Crippen molar-refractivity contribution >= 4 is 17.3 Å². The average molecular weight is 282 g/mol. The zero-order chi connectivity index (χ0) is 15.2. The Morgan fingerprint density at radius 2 is 1.76 bits per heavy atom. The number of aryl methyl sites for hydroxylation is 3. The van der Waals surface area contributed by atoms with E-state index in [1.165, 1.54) is 11.1 Å². The second kappa shape index (κ2) is 6.93. The van der Waals surface area contributed by atoms with Gasteiger partial charge in [0.15, 0.2) is 0 Å². The van der Waals surface area contributed by atoms with Crippen molar-refractivity contribution in [1.29, 1.82) is 0 Å². The molecule has 1 amide bonds. The summed E-state index contributed by atoms with van der Waals surface area (Å²) in [6.07, 6.45) is 0.446. The van der Waals surface area contributed by atoms with E-state index in [-0.39, 0.29) is 5.91 Å². The lowest BCUT2D eigenvalue weighted by Gasteiger charge is -2.10. The maximum Gasteiger partial charge on any atom is 0.226 e. The van der Waals surface area contributed by atoms with Crippen molar-refractivity contribution in [2.75, 3.05) is 17.2 Å². The zero-order valence-corrected chi connectivity index (χ0v) is 12.9. The minimum atomic E-state index is 0.0297. The van der Waals surface area contributed by atoms with Crippen LogP contribution in [0, 0.1) is 20.8 Å². The molecular weight excluding hydrogens is 260 g/mol. The van der Waals surface area contributed by atoms with Gasteiger partial charge in [-0.3, -0.25) is 4.79 Å². The van der Waals surface area contributed by atoms with Gasteiger partial charge in [-0.1, -0.05) is 29.8 Å². The van der Waals surface area contributed by atoms with Gasteiger partial charge in [-0.25, -0.2) is 0 Å². The summed E-state index contributed by atoms with van der Waals surface area (Å²) in [5, 5.41) is 6.22. The molecule has 0 saturated heterocycles. The predicted octanol–water partition coefficient (Wildman–Crippen LogP) is 4.05. The van der Waals surface area contributed by atoms with Gasteiger partial charge < -0.3 is 10.6 Å². The SMILES string of the molecule is Cc1cccc(NCCC(=O)Nc2ccc(C)cc2C)c1. The Morgan fingerprint density at radius 3 is 2.48 bits per heavy atom. The van der Waals surface area contributed by atoms with Gasteiger partial charge in [-0.05, 0) is 50.1 Å². The van der Waals surface area contributed by atoms with Crippen LogP contribution in [0.25, 0.3) is 0 Å². The number of benzene rings is 2. The molecule has 110 valence electrons. The maximum atomic E-state index is 12.0. The lowest BCUT2D eigenvalue weighted by molar-refractivity contribution is -0.115. The number of hydrogen-bond acceptors (Lipinski definition) is 2. The number of nitrogens with one attached hydrogen (secondary N) is 2. The van der Waals surface area contributed by atoms with Crippen LogP contribution in [0.1, 0.15) is 23.1 Å². The Labute approximate surface area is 126 Å². The molecule has 0 aliphatic heterocycles. The first-order valence-electron chi connectivity index (χ1n) is 7.22.